The third-order valence-corrected chi connectivity index (χ3v) is 3.18. The first-order valence-electron chi connectivity index (χ1n) is 7.46. The first kappa shape index (κ1) is 16.5. The quantitative estimate of drug-likeness (QED) is 0.657. The minimum absolute atomic E-state index is 0.311. The molecule has 2 rings (SSSR count). The van der Waals surface area contributed by atoms with Crippen LogP contribution in [0.4, 0.5) is 5.69 Å². The summed E-state index contributed by atoms with van der Waals surface area (Å²) in [6, 6.07) is 17.0. The van der Waals surface area contributed by atoms with Gasteiger partial charge in [0.1, 0.15) is 0 Å². The summed E-state index contributed by atoms with van der Waals surface area (Å²) >= 11 is 0. The Hall–Kier alpha value is -2.88. The van der Waals surface area contributed by atoms with Gasteiger partial charge in [-0.2, -0.15) is 0 Å². The van der Waals surface area contributed by atoms with Crippen molar-refractivity contribution < 1.29 is 14.3 Å². The maximum Gasteiger partial charge on any atom is 0.331 e. The van der Waals surface area contributed by atoms with Gasteiger partial charge in [-0.05, 0) is 35.8 Å². The smallest absolute Gasteiger partial charge is 0.331 e. The first-order valence-corrected chi connectivity index (χ1v) is 7.46. The Balaban J connectivity index is 1.79. The van der Waals surface area contributed by atoms with Gasteiger partial charge in [0.05, 0.1) is 0 Å². The number of nitrogens with one attached hydrogen (secondary N) is 1. The summed E-state index contributed by atoms with van der Waals surface area (Å²) in [5, 5.41) is 2.71. The van der Waals surface area contributed by atoms with Crippen molar-refractivity contribution in [3.63, 3.8) is 0 Å². The highest BCUT2D eigenvalue weighted by Crippen LogP contribution is 2.10. The van der Waals surface area contributed by atoms with Gasteiger partial charge in [0.25, 0.3) is 5.91 Å². The molecule has 2 aromatic rings. The number of benzene rings is 2. The molecule has 0 radical (unpaired) electrons. The van der Waals surface area contributed by atoms with Crippen LogP contribution in [0.5, 0.6) is 0 Å². The molecule has 0 atom stereocenters. The Morgan fingerprint density at radius 1 is 1.09 bits per heavy atom. The van der Waals surface area contributed by atoms with Crippen LogP contribution in [-0.4, -0.2) is 18.5 Å². The Labute approximate surface area is 135 Å². The standard InChI is InChI=1S/C19H19NO3/c1-2-15-9-6-10-17(13-15)20-18(21)14-23-19(22)12-11-16-7-4-3-5-8-16/h3-13H,2,14H2,1H3,(H,20,21)/b12-11+. The molecule has 0 heterocycles. The van der Waals surface area contributed by atoms with E-state index >= 15 is 0 Å². The van der Waals surface area contributed by atoms with Gasteiger partial charge in [-0.3, -0.25) is 4.79 Å². The van der Waals surface area contributed by atoms with Crippen LogP contribution in [0, 0.1) is 0 Å². The fourth-order valence-electron chi connectivity index (χ4n) is 1.98. The number of amides is 1. The fourth-order valence-corrected chi connectivity index (χ4v) is 1.98. The molecule has 0 aromatic heterocycles. The predicted molar refractivity (Wildman–Crippen MR) is 90.9 cm³/mol. The molecule has 0 saturated heterocycles. The molecule has 23 heavy (non-hydrogen) atoms. The predicted octanol–water partition coefficient (Wildman–Crippen LogP) is 3.44. The largest absolute Gasteiger partial charge is 0.452 e. The van der Waals surface area contributed by atoms with Crippen LogP contribution in [0.2, 0.25) is 0 Å². The van der Waals surface area contributed by atoms with Crippen molar-refractivity contribution in [3.8, 4) is 0 Å². The highest BCUT2D eigenvalue weighted by atomic mass is 16.5. The number of esters is 1. The van der Waals surface area contributed by atoms with Crippen molar-refractivity contribution >= 4 is 23.6 Å². The average molecular weight is 309 g/mol. The number of carbonyl (C=O) groups is 2. The molecule has 2 aromatic carbocycles. The van der Waals surface area contributed by atoms with Crippen LogP contribution >= 0.6 is 0 Å². The van der Waals surface area contributed by atoms with Gasteiger partial charge in [0.2, 0.25) is 0 Å². The number of hydrogen-bond donors (Lipinski definition) is 1. The van der Waals surface area contributed by atoms with Crippen LogP contribution in [0.15, 0.2) is 60.7 Å². The van der Waals surface area contributed by atoms with Crippen molar-refractivity contribution in [1.82, 2.24) is 0 Å². The lowest BCUT2D eigenvalue weighted by molar-refractivity contribution is -0.142. The molecule has 0 fully saturated rings. The van der Waals surface area contributed by atoms with E-state index in [1.54, 1.807) is 12.1 Å². The van der Waals surface area contributed by atoms with E-state index in [9.17, 15) is 9.59 Å². The number of aryl methyl sites for hydroxylation is 1. The summed E-state index contributed by atoms with van der Waals surface area (Å²) < 4.78 is 4.92. The van der Waals surface area contributed by atoms with Gasteiger partial charge in [0, 0.05) is 11.8 Å². The van der Waals surface area contributed by atoms with Crippen molar-refractivity contribution in [2.45, 2.75) is 13.3 Å². The first-order chi connectivity index (χ1) is 11.2. The normalized spacial score (nSPS) is 10.5. The topological polar surface area (TPSA) is 55.4 Å². The van der Waals surface area contributed by atoms with Crippen LogP contribution in [0.1, 0.15) is 18.1 Å². The lowest BCUT2D eigenvalue weighted by Crippen LogP contribution is -2.20. The molecule has 4 heteroatoms. The Kier molecular flexibility index (Phi) is 6.12. The van der Waals surface area contributed by atoms with Gasteiger partial charge < -0.3 is 10.1 Å². The number of hydrogen-bond acceptors (Lipinski definition) is 3. The lowest BCUT2D eigenvalue weighted by atomic mass is 10.1. The molecule has 118 valence electrons. The van der Waals surface area contributed by atoms with Crippen molar-refractivity contribution in [3.05, 3.63) is 71.8 Å². The lowest BCUT2D eigenvalue weighted by Gasteiger charge is -2.06. The molecule has 4 nitrogen and oxygen atoms in total. The molecular formula is C19H19NO3. The Morgan fingerprint density at radius 3 is 2.61 bits per heavy atom. The third kappa shape index (κ3) is 5.79. The van der Waals surface area contributed by atoms with E-state index in [4.69, 9.17) is 4.74 Å². The van der Waals surface area contributed by atoms with Gasteiger partial charge in [-0.15, -0.1) is 0 Å². The zero-order valence-corrected chi connectivity index (χ0v) is 13.0. The van der Waals surface area contributed by atoms with E-state index in [1.165, 1.54) is 6.08 Å². The summed E-state index contributed by atoms with van der Waals surface area (Å²) in [4.78, 5) is 23.4. The summed E-state index contributed by atoms with van der Waals surface area (Å²) in [7, 11) is 0. The minimum Gasteiger partial charge on any atom is -0.452 e. The van der Waals surface area contributed by atoms with Gasteiger partial charge in [-0.25, -0.2) is 4.79 Å². The van der Waals surface area contributed by atoms with Crippen molar-refractivity contribution in [2.75, 3.05) is 11.9 Å². The number of carbonyl (C=O) groups excluding carboxylic acids is 2. The second-order valence-electron chi connectivity index (χ2n) is 4.95. The zero-order chi connectivity index (χ0) is 16.5. The second-order valence-corrected chi connectivity index (χ2v) is 4.95. The molecule has 0 bridgehead atoms. The maximum absolute atomic E-state index is 11.8. The third-order valence-electron chi connectivity index (χ3n) is 3.18. The van der Waals surface area contributed by atoms with E-state index in [-0.39, 0.29) is 12.5 Å². The minimum atomic E-state index is -0.550. The Morgan fingerprint density at radius 2 is 1.87 bits per heavy atom. The van der Waals surface area contributed by atoms with Crippen molar-refractivity contribution in [1.29, 1.82) is 0 Å². The van der Waals surface area contributed by atoms with E-state index in [1.807, 2.05) is 55.5 Å². The summed E-state index contributed by atoms with van der Waals surface area (Å²) in [5.41, 5.74) is 2.72. The second kappa shape index (κ2) is 8.54. The molecule has 0 aliphatic carbocycles. The monoisotopic (exact) mass is 309 g/mol. The van der Waals surface area contributed by atoms with Crippen LogP contribution in [-0.2, 0) is 20.7 Å². The van der Waals surface area contributed by atoms with E-state index < -0.39 is 5.97 Å². The van der Waals surface area contributed by atoms with Crippen LogP contribution in [0.3, 0.4) is 0 Å². The highest BCUT2D eigenvalue weighted by Gasteiger charge is 2.06. The van der Waals surface area contributed by atoms with E-state index in [2.05, 4.69) is 5.32 Å². The average Bonchev–Trinajstić information content (AvgIpc) is 2.59. The number of rotatable bonds is 6. The highest BCUT2D eigenvalue weighted by molar-refractivity contribution is 5.94. The molecule has 1 amide bonds. The molecule has 0 unspecified atom stereocenters. The fraction of sp³-hybridized carbons (Fsp3) is 0.158. The van der Waals surface area contributed by atoms with Gasteiger partial charge >= 0.3 is 5.97 Å². The zero-order valence-electron chi connectivity index (χ0n) is 13.0. The summed E-state index contributed by atoms with van der Waals surface area (Å²) in [5.74, 6) is -0.911. The Bertz CT molecular complexity index is 693. The molecule has 0 aliphatic rings. The molecule has 0 aliphatic heterocycles. The van der Waals surface area contributed by atoms with Crippen LogP contribution in [0.25, 0.3) is 6.08 Å². The molecule has 0 saturated carbocycles. The SMILES string of the molecule is CCc1cccc(NC(=O)COC(=O)/C=C/c2ccccc2)c1. The molecule has 0 spiro atoms. The molecule has 1 N–H and O–H groups in total. The van der Waals surface area contributed by atoms with Crippen LogP contribution < -0.4 is 5.32 Å². The van der Waals surface area contributed by atoms with Gasteiger partial charge in [-0.1, -0.05) is 49.4 Å². The van der Waals surface area contributed by atoms with E-state index in [0.717, 1.165) is 17.5 Å². The summed E-state index contributed by atoms with van der Waals surface area (Å²) in [6.45, 7) is 1.73. The number of ether oxygens (including phenoxy) is 1. The molecular weight excluding hydrogens is 290 g/mol. The number of anilines is 1. The van der Waals surface area contributed by atoms with E-state index in [0.29, 0.717) is 5.69 Å². The van der Waals surface area contributed by atoms with Crippen molar-refractivity contribution in [2.24, 2.45) is 0 Å². The maximum atomic E-state index is 11.8. The summed E-state index contributed by atoms with van der Waals surface area (Å²) in [6.07, 6.45) is 3.84. The van der Waals surface area contributed by atoms with Gasteiger partial charge in [0.15, 0.2) is 6.61 Å².